The van der Waals surface area contributed by atoms with Crippen molar-refractivity contribution in [2.24, 2.45) is 0 Å². The van der Waals surface area contributed by atoms with E-state index in [-0.39, 0.29) is 5.91 Å². The van der Waals surface area contributed by atoms with Crippen LogP contribution in [-0.2, 0) is 11.3 Å². The molecule has 0 bridgehead atoms. The Bertz CT molecular complexity index is 491. The zero-order chi connectivity index (χ0) is 12.1. The summed E-state index contributed by atoms with van der Waals surface area (Å²) in [6.45, 7) is 2.63. The van der Waals surface area contributed by atoms with E-state index in [4.69, 9.17) is 0 Å². The Kier molecular flexibility index (Phi) is 3.55. The van der Waals surface area contributed by atoms with E-state index >= 15 is 0 Å². The number of hydrogen-bond donors (Lipinski definition) is 1. The van der Waals surface area contributed by atoms with Crippen molar-refractivity contribution in [3.63, 3.8) is 0 Å². The Morgan fingerprint density at radius 1 is 1.41 bits per heavy atom. The molecule has 0 saturated heterocycles. The van der Waals surface area contributed by atoms with Gasteiger partial charge in [0.1, 0.15) is 0 Å². The van der Waals surface area contributed by atoms with Crippen molar-refractivity contribution in [2.75, 3.05) is 5.32 Å². The highest BCUT2D eigenvalue weighted by atomic mass is 16.1. The van der Waals surface area contributed by atoms with Crippen LogP contribution in [0, 0.1) is 6.92 Å². The van der Waals surface area contributed by atoms with Gasteiger partial charge in [0.25, 0.3) is 0 Å². The summed E-state index contributed by atoms with van der Waals surface area (Å²) in [5.41, 5.74) is 1.95. The smallest absolute Gasteiger partial charge is 0.226 e. The predicted molar refractivity (Wildman–Crippen MR) is 66.7 cm³/mol. The van der Waals surface area contributed by atoms with Gasteiger partial charge in [0.2, 0.25) is 5.91 Å². The molecule has 17 heavy (non-hydrogen) atoms. The maximum atomic E-state index is 11.7. The Morgan fingerprint density at radius 2 is 2.24 bits per heavy atom. The monoisotopic (exact) mass is 229 g/mol. The second-order valence-corrected chi connectivity index (χ2v) is 3.91. The van der Waals surface area contributed by atoms with E-state index in [2.05, 4.69) is 10.3 Å². The zero-order valence-corrected chi connectivity index (χ0v) is 9.76. The van der Waals surface area contributed by atoms with Gasteiger partial charge >= 0.3 is 0 Å². The van der Waals surface area contributed by atoms with Gasteiger partial charge < -0.3 is 9.88 Å². The maximum absolute atomic E-state index is 11.7. The lowest BCUT2D eigenvalue weighted by molar-refractivity contribution is -0.116. The number of hydrogen-bond acceptors (Lipinski definition) is 2. The fourth-order valence-corrected chi connectivity index (χ4v) is 1.58. The molecule has 4 heteroatoms. The normalized spacial score (nSPS) is 10.2. The van der Waals surface area contributed by atoms with Gasteiger partial charge in [0, 0.05) is 31.0 Å². The molecule has 0 saturated carbocycles. The van der Waals surface area contributed by atoms with E-state index in [1.54, 1.807) is 12.5 Å². The number of carbonyl (C=O) groups excluding carboxylic acids is 1. The Labute approximate surface area is 100 Å². The number of carbonyl (C=O) groups is 1. The topological polar surface area (TPSA) is 46.9 Å². The summed E-state index contributed by atoms with van der Waals surface area (Å²) in [7, 11) is 0. The maximum Gasteiger partial charge on any atom is 0.226 e. The lowest BCUT2D eigenvalue weighted by Crippen LogP contribution is -2.14. The summed E-state index contributed by atoms with van der Waals surface area (Å²) < 4.78 is 1.89. The minimum Gasteiger partial charge on any atom is -0.337 e. The van der Waals surface area contributed by atoms with Gasteiger partial charge in [-0.25, -0.2) is 4.98 Å². The van der Waals surface area contributed by atoms with Crippen LogP contribution in [-0.4, -0.2) is 15.5 Å². The Balaban J connectivity index is 1.87. The lowest BCUT2D eigenvalue weighted by atomic mass is 10.2. The van der Waals surface area contributed by atoms with Crippen molar-refractivity contribution >= 4 is 11.6 Å². The van der Waals surface area contributed by atoms with Gasteiger partial charge in [-0.3, -0.25) is 4.79 Å². The fourth-order valence-electron chi connectivity index (χ4n) is 1.58. The number of amides is 1. The molecule has 1 aromatic heterocycles. The van der Waals surface area contributed by atoms with E-state index < -0.39 is 0 Å². The van der Waals surface area contributed by atoms with Gasteiger partial charge in [-0.2, -0.15) is 0 Å². The fraction of sp³-hybridized carbons (Fsp3) is 0.231. The van der Waals surface area contributed by atoms with Crippen molar-refractivity contribution in [1.29, 1.82) is 0 Å². The molecule has 0 aliphatic heterocycles. The standard InChI is InChI=1S/C13H15N3O/c1-11-4-2-3-5-12(11)15-13(17)6-8-16-9-7-14-10-16/h2-5,7,9-10H,6,8H2,1H3,(H,15,17). The molecular formula is C13H15N3O. The van der Waals surface area contributed by atoms with E-state index in [0.717, 1.165) is 11.3 Å². The highest BCUT2D eigenvalue weighted by molar-refractivity contribution is 5.91. The van der Waals surface area contributed by atoms with Gasteiger partial charge in [-0.05, 0) is 18.6 Å². The third kappa shape index (κ3) is 3.17. The van der Waals surface area contributed by atoms with Crippen LogP contribution in [0.25, 0.3) is 0 Å². The molecule has 1 heterocycles. The molecule has 0 aliphatic rings. The van der Waals surface area contributed by atoms with Crippen LogP contribution < -0.4 is 5.32 Å². The molecule has 0 fully saturated rings. The molecule has 1 amide bonds. The van der Waals surface area contributed by atoms with Gasteiger partial charge in [-0.1, -0.05) is 18.2 Å². The van der Waals surface area contributed by atoms with Crippen LogP contribution >= 0.6 is 0 Å². The first-order valence-electron chi connectivity index (χ1n) is 5.57. The summed E-state index contributed by atoms with van der Waals surface area (Å²) in [5.74, 6) is 0.0213. The van der Waals surface area contributed by atoms with E-state index in [1.807, 2.05) is 42.0 Å². The molecular weight excluding hydrogens is 214 g/mol. The van der Waals surface area contributed by atoms with Crippen LogP contribution in [0.4, 0.5) is 5.69 Å². The molecule has 2 rings (SSSR count). The van der Waals surface area contributed by atoms with E-state index in [9.17, 15) is 4.79 Å². The molecule has 88 valence electrons. The van der Waals surface area contributed by atoms with Gasteiger partial charge in [0.15, 0.2) is 0 Å². The minimum absolute atomic E-state index is 0.0213. The predicted octanol–water partition coefficient (Wildman–Crippen LogP) is 2.22. The third-order valence-electron chi connectivity index (χ3n) is 2.58. The first-order chi connectivity index (χ1) is 8.25. The van der Waals surface area contributed by atoms with Crippen molar-refractivity contribution in [3.05, 3.63) is 48.5 Å². The SMILES string of the molecule is Cc1ccccc1NC(=O)CCn1ccnc1. The number of benzene rings is 1. The van der Waals surface area contributed by atoms with E-state index in [0.29, 0.717) is 13.0 Å². The molecule has 0 aliphatic carbocycles. The second-order valence-electron chi connectivity index (χ2n) is 3.91. The second kappa shape index (κ2) is 5.30. The van der Waals surface area contributed by atoms with Crippen LogP contribution in [0.15, 0.2) is 43.0 Å². The quantitative estimate of drug-likeness (QED) is 0.873. The van der Waals surface area contributed by atoms with Crippen LogP contribution in [0.1, 0.15) is 12.0 Å². The average Bonchev–Trinajstić information content (AvgIpc) is 2.82. The molecule has 1 N–H and O–H groups in total. The largest absolute Gasteiger partial charge is 0.337 e. The summed E-state index contributed by atoms with van der Waals surface area (Å²) in [6.07, 6.45) is 5.71. The average molecular weight is 229 g/mol. The first kappa shape index (κ1) is 11.4. The molecule has 0 unspecified atom stereocenters. The van der Waals surface area contributed by atoms with Crippen LogP contribution in [0.2, 0.25) is 0 Å². The minimum atomic E-state index is 0.0213. The molecule has 0 radical (unpaired) electrons. The molecule has 0 atom stereocenters. The molecule has 0 spiro atoms. The highest BCUT2D eigenvalue weighted by Gasteiger charge is 2.04. The van der Waals surface area contributed by atoms with Crippen molar-refractivity contribution in [3.8, 4) is 0 Å². The molecule has 2 aromatic rings. The number of anilines is 1. The first-order valence-corrected chi connectivity index (χ1v) is 5.57. The van der Waals surface area contributed by atoms with Crippen molar-refractivity contribution < 1.29 is 4.79 Å². The van der Waals surface area contributed by atoms with E-state index in [1.165, 1.54) is 0 Å². The van der Waals surface area contributed by atoms with Crippen LogP contribution in [0.5, 0.6) is 0 Å². The van der Waals surface area contributed by atoms with Crippen molar-refractivity contribution in [1.82, 2.24) is 9.55 Å². The highest BCUT2D eigenvalue weighted by Crippen LogP contribution is 2.13. The van der Waals surface area contributed by atoms with Gasteiger partial charge in [0.05, 0.1) is 6.33 Å². The Morgan fingerprint density at radius 3 is 2.94 bits per heavy atom. The number of para-hydroxylation sites is 1. The van der Waals surface area contributed by atoms with Crippen LogP contribution in [0.3, 0.4) is 0 Å². The number of nitrogens with one attached hydrogen (secondary N) is 1. The summed E-state index contributed by atoms with van der Waals surface area (Å²) in [5, 5.41) is 2.90. The number of rotatable bonds is 4. The van der Waals surface area contributed by atoms with Gasteiger partial charge in [-0.15, -0.1) is 0 Å². The zero-order valence-electron chi connectivity index (χ0n) is 9.76. The summed E-state index contributed by atoms with van der Waals surface area (Å²) in [4.78, 5) is 15.6. The number of aromatic nitrogens is 2. The molecule has 1 aromatic carbocycles. The summed E-state index contributed by atoms with van der Waals surface area (Å²) >= 11 is 0. The third-order valence-corrected chi connectivity index (χ3v) is 2.58. The number of nitrogens with zero attached hydrogens (tertiary/aromatic N) is 2. The lowest BCUT2D eigenvalue weighted by Gasteiger charge is -2.08. The Hall–Kier alpha value is -2.10. The summed E-state index contributed by atoms with van der Waals surface area (Å²) in [6, 6.07) is 7.75. The number of imidazole rings is 1. The number of aryl methyl sites for hydroxylation is 2. The van der Waals surface area contributed by atoms with Crippen molar-refractivity contribution in [2.45, 2.75) is 19.9 Å². The molecule has 4 nitrogen and oxygen atoms in total.